The van der Waals surface area contributed by atoms with Crippen LogP contribution < -0.4 is 10.3 Å². The summed E-state index contributed by atoms with van der Waals surface area (Å²) < 4.78 is 27.1. The van der Waals surface area contributed by atoms with Gasteiger partial charge < -0.3 is 14.5 Å². The van der Waals surface area contributed by atoms with Crippen LogP contribution in [0.1, 0.15) is 43.2 Å². The first-order valence-corrected chi connectivity index (χ1v) is 10.7. The number of nitrogens with one attached hydrogen (secondary N) is 1. The molecule has 5 rings (SSSR count). The fourth-order valence-electron chi connectivity index (χ4n) is 4.23. The molecule has 2 aliphatic heterocycles. The highest BCUT2D eigenvalue weighted by atomic mass is 19.1. The number of nitriles is 1. The molecule has 166 valence electrons. The predicted molar refractivity (Wildman–Crippen MR) is 113 cm³/mol. The van der Waals surface area contributed by atoms with Crippen LogP contribution in [-0.4, -0.2) is 57.1 Å². The van der Waals surface area contributed by atoms with E-state index in [-0.39, 0.29) is 35.1 Å². The Balaban J connectivity index is 1.30. The van der Waals surface area contributed by atoms with Gasteiger partial charge in [-0.25, -0.2) is 14.1 Å². The predicted octanol–water partition coefficient (Wildman–Crippen LogP) is 2.31. The Morgan fingerprint density at radius 2 is 2.12 bits per heavy atom. The van der Waals surface area contributed by atoms with Crippen LogP contribution in [-0.2, 0) is 4.74 Å². The number of nitrogens with zero attached hydrogens (tertiary/aromatic N) is 5. The van der Waals surface area contributed by atoms with Gasteiger partial charge in [0.1, 0.15) is 17.3 Å². The highest BCUT2D eigenvalue weighted by Crippen LogP contribution is 2.29. The highest BCUT2D eigenvalue weighted by Gasteiger charge is 2.34. The molecule has 1 unspecified atom stereocenters. The molecule has 2 aromatic heterocycles. The molecule has 32 heavy (non-hydrogen) atoms. The number of halogens is 1. The Labute approximate surface area is 183 Å². The van der Waals surface area contributed by atoms with Gasteiger partial charge in [0, 0.05) is 26.3 Å². The van der Waals surface area contributed by atoms with Crippen molar-refractivity contribution >= 4 is 11.0 Å². The molecule has 10 heteroatoms. The summed E-state index contributed by atoms with van der Waals surface area (Å²) in [6.45, 7) is 4.46. The number of fused-ring (bicyclic) bond motifs is 1. The molecule has 0 spiro atoms. The summed E-state index contributed by atoms with van der Waals surface area (Å²) in [5.41, 5.74) is 0.641. The minimum absolute atomic E-state index is 0.134. The van der Waals surface area contributed by atoms with Crippen LogP contribution in [0.15, 0.2) is 29.2 Å². The first-order chi connectivity index (χ1) is 15.5. The first-order valence-electron chi connectivity index (χ1n) is 10.7. The third kappa shape index (κ3) is 3.74. The number of aromatic amines is 1. The average Bonchev–Trinajstić information content (AvgIpc) is 3.21. The maximum absolute atomic E-state index is 14.1. The van der Waals surface area contributed by atoms with Gasteiger partial charge in [0.2, 0.25) is 0 Å². The van der Waals surface area contributed by atoms with Crippen LogP contribution in [0, 0.1) is 17.1 Å². The number of rotatable bonds is 5. The second kappa shape index (κ2) is 8.33. The Morgan fingerprint density at radius 3 is 2.84 bits per heavy atom. The van der Waals surface area contributed by atoms with Crippen molar-refractivity contribution in [3.63, 3.8) is 0 Å². The number of aromatic nitrogens is 4. The molecule has 0 radical (unpaired) electrons. The van der Waals surface area contributed by atoms with Crippen LogP contribution in [0.5, 0.6) is 5.75 Å². The van der Waals surface area contributed by atoms with Crippen LogP contribution in [0.4, 0.5) is 4.39 Å². The van der Waals surface area contributed by atoms with E-state index in [0.717, 1.165) is 12.8 Å². The second-order valence-electron chi connectivity index (χ2n) is 8.25. The van der Waals surface area contributed by atoms with Gasteiger partial charge in [0.25, 0.3) is 5.56 Å². The molecule has 1 aromatic carbocycles. The first kappa shape index (κ1) is 20.6. The van der Waals surface area contributed by atoms with Gasteiger partial charge >= 0.3 is 0 Å². The lowest BCUT2D eigenvalue weighted by molar-refractivity contribution is -0.00918. The molecule has 0 bridgehead atoms. The third-order valence-corrected chi connectivity index (χ3v) is 6.19. The summed E-state index contributed by atoms with van der Waals surface area (Å²) in [6.07, 6.45) is 3.08. The van der Waals surface area contributed by atoms with Gasteiger partial charge in [0.05, 0.1) is 29.9 Å². The lowest BCUT2D eigenvalue weighted by Crippen LogP contribution is -2.54. The zero-order valence-electron chi connectivity index (χ0n) is 17.6. The van der Waals surface area contributed by atoms with E-state index in [2.05, 4.69) is 15.0 Å². The van der Waals surface area contributed by atoms with Crippen molar-refractivity contribution < 1.29 is 13.9 Å². The summed E-state index contributed by atoms with van der Waals surface area (Å²) in [7, 11) is 0. The topological polar surface area (TPSA) is 109 Å². The molecule has 4 heterocycles. The average molecular weight is 438 g/mol. The normalized spacial score (nSPS) is 18.9. The zero-order valence-corrected chi connectivity index (χ0v) is 17.6. The summed E-state index contributed by atoms with van der Waals surface area (Å²) in [5, 5.41) is 13.8. The Kier molecular flexibility index (Phi) is 5.36. The van der Waals surface area contributed by atoms with E-state index in [1.54, 1.807) is 6.20 Å². The Morgan fingerprint density at radius 1 is 1.34 bits per heavy atom. The SMILES string of the molecule is CC(c1nc2c(cnn2C2CCOCC2)c(=O)[nH]1)N1CC(Oc2ccc(C#N)cc2F)C1. The van der Waals surface area contributed by atoms with Gasteiger partial charge in [-0.1, -0.05) is 0 Å². The molecule has 9 nitrogen and oxygen atoms in total. The monoisotopic (exact) mass is 438 g/mol. The highest BCUT2D eigenvalue weighted by molar-refractivity contribution is 5.73. The molecular formula is C22H23FN6O3. The van der Waals surface area contributed by atoms with Crippen LogP contribution in [0.2, 0.25) is 0 Å². The minimum atomic E-state index is -0.548. The largest absolute Gasteiger partial charge is 0.485 e. The number of benzene rings is 1. The zero-order chi connectivity index (χ0) is 22.2. The summed E-state index contributed by atoms with van der Waals surface area (Å²) in [6, 6.07) is 6.10. The minimum Gasteiger partial charge on any atom is -0.485 e. The molecule has 2 fully saturated rings. The van der Waals surface area contributed by atoms with Crippen molar-refractivity contribution in [1.29, 1.82) is 5.26 Å². The van der Waals surface area contributed by atoms with E-state index in [1.165, 1.54) is 18.2 Å². The van der Waals surface area contributed by atoms with Gasteiger partial charge in [-0.05, 0) is 38.0 Å². The molecule has 1 N–H and O–H groups in total. The quantitative estimate of drug-likeness (QED) is 0.651. The molecule has 0 amide bonds. The Bertz CT molecular complexity index is 1240. The fraction of sp³-hybridized carbons (Fsp3) is 0.455. The standard InChI is InChI=1S/C22H23FN6O3/c1-13(28-11-16(12-28)32-19-3-2-14(9-24)8-18(19)23)20-26-21-17(22(30)27-20)10-25-29(21)15-4-6-31-7-5-15/h2-3,8,10,13,15-16H,4-7,11-12H2,1H3,(H,26,27,30). The number of hydrogen-bond acceptors (Lipinski definition) is 7. The van der Waals surface area contributed by atoms with Crippen molar-refractivity contribution in [2.75, 3.05) is 26.3 Å². The summed E-state index contributed by atoms with van der Waals surface area (Å²) in [5.74, 6) is 0.155. The van der Waals surface area contributed by atoms with E-state index < -0.39 is 5.82 Å². The van der Waals surface area contributed by atoms with E-state index in [0.29, 0.717) is 43.2 Å². The van der Waals surface area contributed by atoms with Gasteiger partial charge in [0.15, 0.2) is 17.2 Å². The maximum atomic E-state index is 14.1. The van der Waals surface area contributed by atoms with E-state index >= 15 is 0 Å². The molecule has 0 aliphatic carbocycles. The Hall–Kier alpha value is -3.29. The van der Waals surface area contributed by atoms with Crippen molar-refractivity contribution in [1.82, 2.24) is 24.6 Å². The summed E-state index contributed by atoms with van der Waals surface area (Å²) >= 11 is 0. The number of ether oxygens (including phenoxy) is 2. The van der Waals surface area contributed by atoms with Crippen LogP contribution in [0.3, 0.4) is 0 Å². The van der Waals surface area contributed by atoms with Crippen molar-refractivity contribution in [2.45, 2.75) is 38.0 Å². The van der Waals surface area contributed by atoms with Crippen LogP contribution >= 0.6 is 0 Å². The van der Waals surface area contributed by atoms with Crippen molar-refractivity contribution in [3.05, 3.63) is 52.0 Å². The van der Waals surface area contributed by atoms with E-state index in [1.807, 2.05) is 17.7 Å². The number of H-pyrrole nitrogens is 1. The lowest BCUT2D eigenvalue weighted by Gasteiger charge is -2.42. The molecule has 2 saturated heterocycles. The van der Waals surface area contributed by atoms with Crippen LogP contribution in [0.25, 0.3) is 11.0 Å². The molecule has 0 saturated carbocycles. The molecular weight excluding hydrogens is 415 g/mol. The van der Waals surface area contributed by atoms with Gasteiger partial charge in [-0.2, -0.15) is 10.4 Å². The maximum Gasteiger partial charge on any atom is 0.262 e. The van der Waals surface area contributed by atoms with E-state index in [4.69, 9.17) is 19.7 Å². The lowest BCUT2D eigenvalue weighted by atomic mass is 10.1. The second-order valence-corrected chi connectivity index (χ2v) is 8.25. The van der Waals surface area contributed by atoms with Crippen molar-refractivity contribution in [3.8, 4) is 11.8 Å². The summed E-state index contributed by atoms with van der Waals surface area (Å²) in [4.78, 5) is 22.4. The van der Waals surface area contributed by atoms with Crippen molar-refractivity contribution in [2.24, 2.45) is 0 Å². The number of hydrogen-bond donors (Lipinski definition) is 1. The molecule has 2 aliphatic rings. The third-order valence-electron chi connectivity index (χ3n) is 6.19. The van der Waals surface area contributed by atoms with E-state index in [9.17, 15) is 9.18 Å². The van der Waals surface area contributed by atoms with Gasteiger partial charge in [-0.3, -0.25) is 9.69 Å². The molecule has 3 aromatic rings. The molecule has 1 atom stereocenters. The smallest absolute Gasteiger partial charge is 0.262 e. The van der Waals surface area contributed by atoms with Gasteiger partial charge in [-0.15, -0.1) is 0 Å². The fourth-order valence-corrected chi connectivity index (χ4v) is 4.23. The number of likely N-dealkylation sites (tertiary alicyclic amines) is 1.